The van der Waals surface area contributed by atoms with Gasteiger partial charge in [0.25, 0.3) is 5.91 Å². The highest BCUT2D eigenvalue weighted by molar-refractivity contribution is 6.05. The third-order valence-electron chi connectivity index (χ3n) is 4.25. The number of aryl methyl sites for hydroxylation is 1. The summed E-state index contributed by atoms with van der Waals surface area (Å²) >= 11 is 0. The Labute approximate surface area is 168 Å². The van der Waals surface area contributed by atoms with Crippen LogP contribution in [0.2, 0.25) is 0 Å². The molecule has 4 rings (SSSR count). The largest absolute Gasteiger partial charge is 0.437 e. The Balaban J connectivity index is 1.50. The summed E-state index contributed by atoms with van der Waals surface area (Å²) in [6, 6.07) is 20.6. The van der Waals surface area contributed by atoms with E-state index >= 15 is 0 Å². The number of ether oxygens (including phenoxy) is 1. The standard InChI is InChI=1S/C23H18N4O2/c1-16-20(10-11-21(26-16)17-6-3-2-4-7-17)23(28)27-18-8-5-9-19(14-18)29-22-15-24-12-13-25-22/h2-15H,1H3,(H,27,28). The van der Waals surface area contributed by atoms with Crippen LogP contribution in [-0.4, -0.2) is 20.9 Å². The van der Waals surface area contributed by atoms with Gasteiger partial charge < -0.3 is 10.1 Å². The molecule has 0 atom stereocenters. The number of benzene rings is 2. The van der Waals surface area contributed by atoms with Crippen LogP contribution in [0.3, 0.4) is 0 Å². The normalized spacial score (nSPS) is 10.4. The topological polar surface area (TPSA) is 77.0 Å². The lowest BCUT2D eigenvalue weighted by Crippen LogP contribution is -2.14. The van der Waals surface area contributed by atoms with E-state index in [9.17, 15) is 4.79 Å². The Morgan fingerprint density at radius 2 is 1.83 bits per heavy atom. The molecule has 0 aliphatic rings. The number of aromatic nitrogens is 3. The van der Waals surface area contributed by atoms with E-state index in [2.05, 4.69) is 20.3 Å². The van der Waals surface area contributed by atoms with Crippen molar-refractivity contribution in [3.8, 4) is 22.9 Å². The molecule has 0 aliphatic carbocycles. The maximum absolute atomic E-state index is 12.7. The number of carbonyl (C=O) groups excluding carboxylic acids is 1. The molecule has 0 spiro atoms. The molecular weight excluding hydrogens is 364 g/mol. The first kappa shape index (κ1) is 18.3. The Kier molecular flexibility index (Phi) is 5.25. The van der Waals surface area contributed by atoms with E-state index in [4.69, 9.17) is 4.74 Å². The highest BCUT2D eigenvalue weighted by atomic mass is 16.5. The van der Waals surface area contributed by atoms with E-state index in [1.807, 2.05) is 43.3 Å². The Bertz CT molecular complexity index is 1130. The summed E-state index contributed by atoms with van der Waals surface area (Å²) in [7, 11) is 0. The Morgan fingerprint density at radius 3 is 2.59 bits per heavy atom. The molecule has 0 unspecified atom stereocenters. The van der Waals surface area contributed by atoms with Crippen molar-refractivity contribution in [1.82, 2.24) is 15.0 Å². The fraction of sp³-hybridized carbons (Fsp3) is 0.0435. The van der Waals surface area contributed by atoms with Gasteiger partial charge in [-0.05, 0) is 31.2 Å². The number of hydrogen-bond donors (Lipinski definition) is 1. The fourth-order valence-electron chi connectivity index (χ4n) is 2.87. The number of amides is 1. The molecule has 0 bridgehead atoms. The minimum Gasteiger partial charge on any atom is -0.437 e. The van der Waals surface area contributed by atoms with Crippen LogP contribution in [0.1, 0.15) is 16.1 Å². The van der Waals surface area contributed by atoms with Gasteiger partial charge in [0.15, 0.2) is 0 Å². The van der Waals surface area contributed by atoms with E-state index < -0.39 is 0 Å². The maximum atomic E-state index is 12.7. The molecule has 142 valence electrons. The van der Waals surface area contributed by atoms with E-state index in [0.717, 1.165) is 11.3 Å². The molecule has 2 aromatic carbocycles. The molecule has 4 aromatic rings. The number of hydrogen-bond acceptors (Lipinski definition) is 5. The Hall–Kier alpha value is -4.06. The molecule has 6 heteroatoms. The molecule has 0 fully saturated rings. The van der Waals surface area contributed by atoms with Gasteiger partial charge in [-0.2, -0.15) is 0 Å². The first-order valence-corrected chi connectivity index (χ1v) is 9.07. The minimum absolute atomic E-state index is 0.230. The molecule has 0 saturated heterocycles. The van der Waals surface area contributed by atoms with E-state index in [-0.39, 0.29) is 5.91 Å². The molecule has 1 amide bonds. The summed E-state index contributed by atoms with van der Waals surface area (Å²) in [5, 5.41) is 2.89. The number of carbonyl (C=O) groups is 1. The van der Waals surface area contributed by atoms with Crippen LogP contribution in [0.4, 0.5) is 5.69 Å². The predicted octanol–water partition coefficient (Wildman–Crippen LogP) is 4.89. The SMILES string of the molecule is Cc1nc(-c2ccccc2)ccc1C(=O)Nc1cccc(Oc2cnccn2)c1. The summed E-state index contributed by atoms with van der Waals surface area (Å²) in [4.78, 5) is 25.4. The van der Waals surface area contributed by atoms with Crippen LogP contribution in [0.5, 0.6) is 11.6 Å². The summed E-state index contributed by atoms with van der Waals surface area (Å²) in [5.74, 6) is 0.705. The summed E-state index contributed by atoms with van der Waals surface area (Å²) in [6.45, 7) is 1.83. The monoisotopic (exact) mass is 382 g/mol. The van der Waals surface area contributed by atoms with Crippen LogP contribution < -0.4 is 10.1 Å². The lowest BCUT2D eigenvalue weighted by molar-refractivity contribution is 0.102. The zero-order valence-corrected chi connectivity index (χ0v) is 15.7. The predicted molar refractivity (Wildman–Crippen MR) is 111 cm³/mol. The zero-order valence-electron chi connectivity index (χ0n) is 15.7. The molecule has 6 nitrogen and oxygen atoms in total. The summed E-state index contributed by atoms with van der Waals surface area (Å²) < 4.78 is 5.66. The second-order valence-corrected chi connectivity index (χ2v) is 6.32. The Morgan fingerprint density at radius 1 is 0.966 bits per heavy atom. The first-order chi connectivity index (χ1) is 14.2. The van der Waals surface area contributed by atoms with Gasteiger partial charge in [0.1, 0.15) is 5.75 Å². The lowest BCUT2D eigenvalue weighted by Gasteiger charge is -2.10. The van der Waals surface area contributed by atoms with Crippen molar-refractivity contribution in [3.63, 3.8) is 0 Å². The quantitative estimate of drug-likeness (QED) is 0.532. The van der Waals surface area contributed by atoms with Crippen molar-refractivity contribution in [2.24, 2.45) is 0 Å². The molecule has 0 radical (unpaired) electrons. The molecule has 1 N–H and O–H groups in total. The number of nitrogens with one attached hydrogen (secondary N) is 1. The third kappa shape index (κ3) is 4.44. The van der Waals surface area contributed by atoms with Crippen LogP contribution in [0.15, 0.2) is 85.3 Å². The number of anilines is 1. The zero-order chi connectivity index (χ0) is 20.1. The van der Waals surface area contributed by atoms with Gasteiger partial charge in [-0.25, -0.2) is 4.98 Å². The van der Waals surface area contributed by atoms with Crippen molar-refractivity contribution < 1.29 is 9.53 Å². The highest BCUT2D eigenvalue weighted by Crippen LogP contribution is 2.23. The molecule has 0 aliphatic heterocycles. The second-order valence-electron chi connectivity index (χ2n) is 6.32. The van der Waals surface area contributed by atoms with Crippen molar-refractivity contribution in [2.75, 3.05) is 5.32 Å². The third-order valence-corrected chi connectivity index (χ3v) is 4.25. The van der Waals surface area contributed by atoms with Gasteiger partial charge in [0.2, 0.25) is 5.88 Å². The molecular formula is C23H18N4O2. The minimum atomic E-state index is -0.230. The molecule has 29 heavy (non-hydrogen) atoms. The van der Waals surface area contributed by atoms with Gasteiger partial charge in [0, 0.05) is 29.7 Å². The maximum Gasteiger partial charge on any atom is 0.257 e. The van der Waals surface area contributed by atoms with Crippen molar-refractivity contribution >= 4 is 11.6 Å². The van der Waals surface area contributed by atoms with Crippen molar-refractivity contribution in [2.45, 2.75) is 6.92 Å². The summed E-state index contributed by atoms with van der Waals surface area (Å²) in [6.07, 6.45) is 4.65. The number of rotatable bonds is 5. The smallest absolute Gasteiger partial charge is 0.257 e. The van der Waals surface area contributed by atoms with Gasteiger partial charge >= 0.3 is 0 Å². The van der Waals surface area contributed by atoms with Crippen molar-refractivity contribution in [3.05, 3.63) is 96.6 Å². The molecule has 0 saturated carbocycles. The van der Waals surface area contributed by atoms with Gasteiger partial charge in [0.05, 0.1) is 23.1 Å². The lowest BCUT2D eigenvalue weighted by atomic mass is 10.1. The van der Waals surface area contributed by atoms with Gasteiger partial charge in [-0.15, -0.1) is 0 Å². The van der Waals surface area contributed by atoms with Crippen LogP contribution in [-0.2, 0) is 0 Å². The second kappa shape index (κ2) is 8.31. The van der Waals surface area contributed by atoms with E-state index in [0.29, 0.717) is 28.6 Å². The van der Waals surface area contributed by atoms with Crippen LogP contribution in [0, 0.1) is 6.92 Å². The van der Waals surface area contributed by atoms with Gasteiger partial charge in [-0.1, -0.05) is 36.4 Å². The van der Waals surface area contributed by atoms with E-state index in [1.54, 1.807) is 42.7 Å². The average molecular weight is 382 g/mol. The average Bonchev–Trinajstić information content (AvgIpc) is 2.75. The highest BCUT2D eigenvalue weighted by Gasteiger charge is 2.12. The number of pyridine rings is 1. The van der Waals surface area contributed by atoms with E-state index in [1.165, 1.54) is 6.20 Å². The van der Waals surface area contributed by atoms with Crippen LogP contribution >= 0.6 is 0 Å². The molecule has 2 heterocycles. The first-order valence-electron chi connectivity index (χ1n) is 9.07. The fourth-order valence-corrected chi connectivity index (χ4v) is 2.87. The number of nitrogens with zero attached hydrogens (tertiary/aromatic N) is 3. The van der Waals surface area contributed by atoms with Crippen LogP contribution in [0.25, 0.3) is 11.3 Å². The van der Waals surface area contributed by atoms with Crippen molar-refractivity contribution in [1.29, 1.82) is 0 Å². The molecule has 2 aromatic heterocycles. The van der Waals surface area contributed by atoms with Gasteiger partial charge in [-0.3, -0.25) is 14.8 Å². The summed E-state index contributed by atoms with van der Waals surface area (Å²) in [5.41, 5.74) is 3.64.